The predicted octanol–water partition coefficient (Wildman–Crippen LogP) is 3.59. The minimum atomic E-state index is -0.689. The maximum Gasteiger partial charge on any atom is 0.360 e. The van der Waals surface area contributed by atoms with Crippen LogP contribution in [0.2, 0.25) is 0 Å². The molecule has 2 aromatic heterocycles. The first kappa shape index (κ1) is 13.5. The van der Waals surface area contributed by atoms with Gasteiger partial charge in [0.1, 0.15) is 5.82 Å². The third kappa shape index (κ3) is 2.23. The fourth-order valence-corrected chi connectivity index (χ4v) is 3.07. The molecule has 0 aliphatic rings. The number of carbonyl (C=O) groups is 1. The first-order chi connectivity index (χ1) is 10.1. The van der Waals surface area contributed by atoms with E-state index in [9.17, 15) is 14.3 Å². The highest BCUT2D eigenvalue weighted by atomic mass is 32.1. The van der Waals surface area contributed by atoms with E-state index in [4.69, 9.17) is 0 Å². The van der Waals surface area contributed by atoms with Crippen molar-refractivity contribution in [2.45, 2.75) is 0 Å². The summed E-state index contributed by atoms with van der Waals surface area (Å²) in [5.74, 6) is -1.20. The van der Waals surface area contributed by atoms with Gasteiger partial charge in [-0.25, -0.2) is 14.2 Å². The molecule has 0 spiro atoms. The Balaban J connectivity index is 2.18. The van der Waals surface area contributed by atoms with Gasteiger partial charge in [0.25, 0.3) is 0 Å². The van der Waals surface area contributed by atoms with Crippen molar-refractivity contribution >= 4 is 27.4 Å². The molecule has 3 rings (SSSR count). The third-order valence-electron chi connectivity index (χ3n) is 3.13. The highest BCUT2D eigenvalue weighted by molar-refractivity contribution is 7.18. The SMILES string of the molecule is COC(=O)c1ncc2c(-c3ccc(F)cc3)csc2c1O. The number of fused-ring (bicyclic) bond motifs is 1. The van der Waals surface area contributed by atoms with Crippen LogP contribution in [0.15, 0.2) is 35.8 Å². The summed E-state index contributed by atoms with van der Waals surface area (Å²) < 4.78 is 18.1. The minimum Gasteiger partial charge on any atom is -0.504 e. The topological polar surface area (TPSA) is 59.4 Å². The van der Waals surface area contributed by atoms with Crippen LogP contribution in [-0.2, 0) is 4.74 Å². The third-order valence-corrected chi connectivity index (χ3v) is 4.13. The largest absolute Gasteiger partial charge is 0.504 e. The molecule has 6 heteroatoms. The van der Waals surface area contributed by atoms with Crippen molar-refractivity contribution < 1.29 is 19.0 Å². The average Bonchev–Trinajstić information content (AvgIpc) is 2.92. The van der Waals surface area contributed by atoms with Crippen LogP contribution in [0.4, 0.5) is 4.39 Å². The molecule has 2 heterocycles. The highest BCUT2D eigenvalue weighted by Gasteiger charge is 2.19. The van der Waals surface area contributed by atoms with Crippen LogP contribution in [-0.4, -0.2) is 23.2 Å². The van der Waals surface area contributed by atoms with E-state index in [-0.39, 0.29) is 17.3 Å². The van der Waals surface area contributed by atoms with Gasteiger partial charge in [-0.15, -0.1) is 11.3 Å². The van der Waals surface area contributed by atoms with Gasteiger partial charge in [0.2, 0.25) is 0 Å². The van der Waals surface area contributed by atoms with Crippen molar-refractivity contribution in [3.63, 3.8) is 0 Å². The number of nitrogens with zero attached hydrogens (tertiary/aromatic N) is 1. The standard InChI is InChI=1S/C15H10FNO3S/c1-20-15(19)12-13(18)14-10(6-17-12)11(7-21-14)8-2-4-9(16)5-3-8/h2-7,18H,1H3. The van der Waals surface area contributed by atoms with Crippen LogP contribution in [0.1, 0.15) is 10.5 Å². The maximum atomic E-state index is 13.0. The van der Waals surface area contributed by atoms with Crippen LogP contribution in [0.3, 0.4) is 0 Å². The molecule has 0 bridgehead atoms. The summed E-state index contributed by atoms with van der Waals surface area (Å²) in [6.45, 7) is 0. The number of esters is 1. The van der Waals surface area contributed by atoms with Crippen LogP contribution < -0.4 is 0 Å². The fraction of sp³-hybridized carbons (Fsp3) is 0.0667. The summed E-state index contributed by atoms with van der Waals surface area (Å²) in [7, 11) is 1.23. The molecule has 0 saturated carbocycles. The van der Waals surface area contributed by atoms with Crippen molar-refractivity contribution in [2.75, 3.05) is 7.11 Å². The number of aromatic hydroxyl groups is 1. The summed E-state index contributed by atoms with van der Waals surface area (Å²) in [6, 6.07) is 6.05. The van der Waals surface area contributed by atoms with E-state index in [1.54, 1.807) is 12.1 Å². The molecule has 0 atom stereocenters. The zero-order valence-electron chi connectivity index (χ0n) is 11.0. The zero-order valence-corrected chi connectivity index (χ0v) is 11.8. The Morgan fingerprint density at radius 3 is 2.71 bits per heavy atom. The molecule has 21 heavy (non-hydrogen) atoms. The molecule has 0 unspecified atom stereocenters. The van der Waals surface area contributed by atoms with Gasteiger partial charge in [-0.2, -0.15) is 0 Å². The fourth-order valence-electron chi connectivity index (χ4n) is 2.08. The normalized spacial score (nSPS) is 10.8. The molecular weight excluding hydrogens is 293 g/mol. The lowest BCUT2D eigenvalue weighted by Gasteiger charge is -2.04. The Labute approximate surface area is 123 Å². The van der Waals surface area contributed by atoms with Gasteiger partial charge in [-0.05, 0) is 23.1 Å². The molecule has 1 N–H and O–H groups in total. The quantitative estimate of drug-likeness (QED) is 0.735. The highest BCUT2D eigenvalue weighted by Crippen LogP contribution is 2.39. The van der Waals surface area contributed by atoms with E-state index < -0.39 is 5.97 Å². The number of aromatic nitrogens is 1. The number of hydrogen-bond acceptors (Lipinski definition) is 5. The van der Waals surface area contributed by atoms with Gasteiger partial charge in [-0.1, -0.05) is 12.1 Å². The lowest BCUT2D eigenvalue weighted by molar-refractivity contribution is 0.0591. The zero-order chi connectivity index (χ0) is 15.0. The second-order valence-corrected chi connectivity index (χ2v) is 5.23. The molecule has 4 nitrogen and oxygen atoms in total. The Morgan fingerprint density at radius 2 is 2.05 bits per heavy atom. The molecule has 106 valence electrons. The number of pyridine rings is 1. The summed E-state index contributed by atoms with van der Waals surface area (Å²) in [6.07, 6.45) is 1.51. The molecule has 3 aromatic rings. The van der Waals surface area contributed by atoms with Crippen LogP contribution >= 0.6 is 11.3 Å². The Hall–Kier alpha value is -2.47. The van der Waals surface area contributed by atoms with E-state index in [1.807, 2.05) is 5.38 Å². The molecule has 0 aliphatic heterocycles. The number of methoxy groups -OCH3 is 1. The minimum absolute atomic E-state index is 0.113. The van der Waals surface area contributed by atoms with E-state index in [0.29, 0.717) is 10.1 Å². The van der Waals surface area contributed by atoms with E-state index in [0.717, 1.165) is 11.1 Å². The van der Waals surface area contributed by atoms with Gasteiger partial charge in [-0.3, -0.25) is 0 Å². The first-order valence-electron chi connectivity index (χ1n) is 6.05. The van der Waals surface area contributed by atoms with Crippen LogP contribution in [0, 0.1) is 5.82 Å². The number of carbonyl (C=O) groups excluding carboxylic acids is 1. The number of thiophene rings is 1. The molecule has 0 radical (unpaired) electrons. The molecule has 0 saturated heterocycles. The average molecular weight is 303 g/mol. The van der Waals surface area contributed by atoms with Gasteiger partial charge in [0.05, 0.1) is 11.8 Å². The van der Waals surface area contributed by atoms with E-state index in [2.05, 4.69) is 9.72 Å². The maximum absolute atomic E-state index is 13.0. The number of halogens is 1. The monoisotopic (exact) mass is 303 g/mol. The summed E-state index contributed by atoms with van der Waals surface area (Å²) in [5, 5.41) is 12.7. The summed E-state index contributed by atoms with van der Waals surface area (Å²) >= 11 is 1.29. The summed E-state index contributed by atoms with van der Waals surface area (Å²) in [4.78, 5) is 15.5. The number of rotatable bonds is 2. The van der Waals surface area contributed by atoms with Crippen molar-refractivity contribution in [3.8, 4) is 16.9 Å². The van der Waals surface area contributed by atoms with E-state index in [1.165, 1.54) is 36.8 Å². The van der Waals surface area contributed by atoms with Gasteiger partial charge in [0, 0.05) is 17.1 Å². The first-order valence-corrected chi connectivity index (χ1v) is 6.93. The Morgan fingerprint density at radius 1 is 1.33 bits per heavy atom. The smallest absolute Gasteiger partial charge is 0.360 e. The van der Waals surface area contributed by atoms with Crippen molar-refractivity contribution in [2.24, 2.45) is 0 Å². The lowest BCUT2D eigenvalue weighted by Crippen LogP contribution is -2.04. The van der Waals surface area contributed by atoms with Crippen molar-refractivity contribution in [1.82, 2.24) is 4.98 Å². The predicted molar refractivity (Wildman–Crippen MR) is 78.0 cm³/mol. The van der Waals surface area contributed by atoms with Crippen molar-refractivity contribution in [3.05, 3.63) is 47.4 Å². The van der Waals surface area contributed by atoms with Gasteiger partial charge >= 0.3 is 5.97 Å². The second-order valence-electron chi connectivity index (χ2n) is 4.35. The van der Waals surface area contributed by atoms with Gasteiger partial charge in [0.15, 0.2) is 11.4 Å². The number of ether oxygens (including phenoxy) is 1. The Kier molecular flexibility index (Phi) is 3.31. The second kappa shape index (κ2) is 5.14. The van der Waals surface area contributed by atoms with Crippen molar-refractivity contribution in [1.29, 1.82) is 0 Å². The number of hydrogen-bond donors (Lipinski definition) is 1. The van der Waals surface area contributed by atoms with E-state index >= 15 is 0 Å². The molecular formula is C15H10FNO3S. The summed E-state index contributed by atoms with van der Waals surface area (Å²) in [5.41, 5.74) is 1.53. The molecule has 1 aromatic carbocycles. The van der Waals surface area contributed by atoms with Crippen LogP contribution in [0.25, 0.3) is 21.2 Å². The number of benzene rings is 1. The lowest BCUT2D eigenvalue weighted by atomic mass is 10.1. The Bertz CT molecular complexity index is 827. The molecule has 0 fully saturated rings. The van der Waals surface area contributed by atoms with Crippen LogP contribution in [0.5, 0.6) is 5.75 Å². The molecule has 0 aliphatic carbocycles. The van der Waals surface area contributed by atoms with Gasteiger partial charge < -0.3 is 9.84 Å². The molecule has 0 amide bonds.